The first kappa shape index (κ1) is 94.1. The minimum atomic E-state index is -1.30. The molecule has 12 N–H and O–H groups in total. The molecule has 0 unspecified atom stereocenters. The number of carbonyl (C=O) groups excluding carboxylic acids is 4. The molecular weight excluding hydrogens is 1270 g/mol. The Hall–Kier alpha value is -1.00. The predicted octanol–water partition coefficient (Wildman–Crippen LogP) is 3.25. The second kappa shape index (κ2) is 66.4. The fourth-order valence-corrected chi connectivity index (χ4v) is 10.1. The van der Waals surface area contributed by atoms with Crippen LogP contribution >= 0.6 is 20.0 Å². The summed E-state index contributed by atoms with van der Waals surface area (Å²) >= 11 is 4.74. The van der Waals surface area contributed by atoms with Crippen LogP contribution in [0.1, 0.15) is 171 Å². The fourth-order valence-electron chi connectivity index (χ4n) is 10.1. The molecule has 0 aliphatic rings. The van der Waals surface area contributed by atoms with Crippen molar-refractivity contribution in [1.82, 2.24) is 35.1 Å². The number of amides is 4. The third-order valence-electron chi connectivity index (χ3n) is 14.5. The molecule has 0 heterocycles. The molecule has 503 valence electrons. The van der Waals surface area contributed by atoms with Gasteiger partial charge >= 0.3 is 59.9 Å². The van der Waals surface area contributed by atoms with E-state index >= 15 is 0 Å². The second-order valence-electron chi connectivity index (χ2n) is 20.8. The van der Waals surface area contributed by atoms with Crippen LogP contribution < -0.4 is 10.6 Å². The Morgan fingerprint density at radius 3 is 0.952 bits per heavy atom. The Morgan fingerprint density at radius 2 is 0.690 bits per heavy atom. The summed E-state index contributed by atoms with van der Waals surface area (Å²) in [5.74, 6) is -1.16. The summed E-state index contributed by atoms with van der Waals surface area (Å²) in [5, 5.41) is 105. The van der Waals surface area contributed by atoms with Gasteiger partial charge in [-0.1, -0.05) is 126 Å². The van der Waals surface area contributed by atoms with Crippen LogP contribution in [0.15, 0.2) is 0 Å². The van der Waals surface area contributed by atoms with Gasteiger partial charge < -0.3 is 71.5 Å². The van der Waals surface area contributed by atoms with Gasteiger partial charge in [0.15, 0.2) is 0 Å². The molecule has 0 atom stereocenters. The van der Waals surface area contributed by atoms with E-state index in [1.165, 1.54) is 9.80 Å². The van der Waals surface area contributed by atoms with E-state index in [-0.39, 0.29) is 117 Å². The molecular formula is C60H127IN7O14V2. The van der Waals surface area contributed by atoms with Crippen molar-refractivity contribution in [3.8, 4) is 0 Å². The molecule has 21 nitrogen and oxygen atoms in total. The van der Waals surface area contributed by atoms with Gasteiger partial charge in [0, 0.05) is 92.1 Å². The van der Waals surface area contributed by atoms with Crippen LogP contribution in [0.4, 0.5) is 0 Å². The molecule has 0 radical (unpaired) electrons. The zero-order valence-corrected chi connectivity index (χ0v) is 57.9. The van der Waals surface area contributed by atoms with Crippen LogP contribution in [0, 0.1) is 16.2 Å². The van der Waals surface area contributed by atoms with Gasteiger partial charge in [0.25, 0.3) is 0 Å². The zero-order valence-electron chi connectivity index (χ0n) is 52.9. The molecule has 0 aliphatic heterocycles. The normalized spacial score (nSPS) is 11.2. The summed E-state index contributed by atoms with van der Waals surface area (Å²) in [4.78, 5) is 61.3. The second-order valence-corrected chi connectivity index (χ2v) is 24.0. The van der Waals surface area contributed by atoms with Crippen LogP contribution in [0.3, 0.4) is 0 Å². The third-order valence-corrected chi connectivity index (χ3v) is 14.5. The predicted molar refractivity (Wildman–Crippen MR) is 344 cm³/mol. The van der Waals surface area contributed by atoms with E-state index in [4.69, 9.17) is 10.2 Å². The maximum absolute atomic E-state index is 13.4. The molecule has 4 amide bonds. The number of hydrogen-bond donors (Lipinski definition) is 12. The number of aliphatic hydroxyl groups excluding tert-OH is 10. The summed E-state index contributed by atoms with van der Waals surface area (Å²) in [6.45, 7) is 18.2. The first-order valence-corrected chi connectivity index (χ1v) is 37.2. The molecule has 0 aliphatic carbocycles. The molecule has 0 saturated heterocycles. The van der Waals surface area contributed by atoms with Gasteiger partial charge in [-0.25, -0.2) is 0 Å². The molecule has 0 fully saturated rings. The number of halogens is 1. The van der Waals surface area contributed by atoms with Crippen molar-refractivity contribution in [2.24, 2.45) is 16.2 Å². The van der Waals surface area contributed by atoms with Crippen molar-refractivity contribution in [1.29, 1.82) is 0 Å². The molecule has 0 bridgehead atoms. The molecule has 0 aromatic heterocycles. The summed E-state index contributed by atoms with van der Waals surface area (Å²) < 4.78 is 0. The zero-order chi connectivity index (χ0) is 64.2. The molecule has 0 saturated carbocycles. The summed E-state index contributed by atoms with van der Waals surface area (Å²) in [7, 11) is 1.59. The summed E-state index contributed by atoms with van der Waals surface area (Å²) in [6.07, 6.45) is 15.8. The third kappa shape index (κ3) is 42.8. The number of nitrogens with zero attached hydrogens (tertiary/aromatic N) is 5. The van der Waals surface area contributed by atoms with E-state index in [1.807, 2.05) is 18.7 Å². The number of nitrogens with one attached hydrogen (secondary N) is 2. The van der Waals surface area contributed by atoms with Crippen molar-refractivity contribution in [2.75, 3.05) is 165 Å². The van der Waals surface area contributed by atoms with Crippen LogP contribution in [-0.2, 0) is 48.6 Å². The van der Waals surface area contributed by atoms with E-state index in [2.05, 4.69) is 95.6 Å². The average molecular weight is 1400 g/mol. The van der Waals surface area contributed by atoms with Gasteiger partial charge in [-0.3, -0.25) is 33.9 Å². The Kier molecular flexibility index (Phi) is 74.4. The van der Waals surface area contributed by atoms with Crippen molar-refractivity contribution < 1.29 is 99.7 Å². The molecule has 84 heavy (non-hydrogen) atoms. The van der Waals surface area contributed by atoms with E-state index < -0.39 is 22.6 Å². The number of unbranched alkanes of at least 4 members (excludes halogenated alkanes) is 6. The van der Waals surface area contributed by atoms with E-state index in [9.17, 15) is 60.0 Å². The van der Waals surface area contributed by atoms with Crippen LogP contribution in [0.2, 0.25) is 0 Å². The average Bonchev–Trinajstić information content (AvgIpc) is 3.36. The molecule has 24 heteroatoms. The Bertz CT molecular complexity index is 1410. The van der Waals surface area contributed by atoms with Crippen LogP contribution in [0.5, 0.6) is 0 Å². The monoisotopic (exact) mass is 1400 g/mol. The van der Waals surface area contributed by atoms with Crippen molar-refractivity contribution in [2.45, 2.75) is 171 Å². The van der Waals surface area contributed by atoms with Gasteiger partial charge in [-0.15, -0.1) is 0 Å². The van der Waals surface area contributed by atoms with Crippen molar-refractivity contribution in [3.63, 3.8) is 0 Å². The summed E-state index contributed by atoms with van der Waals surface area (Å²) in [6, 6.07) is 0. The van der Waals surface area contributed by atoms with Crippen molar-refractivity contribution >= 4 is 54.1 Å². The fraction of sp³-hybridized carbons (Fsp3) is 0.900. The van der Waals surface area contributed by atoms with Crippen LogP contribution in [-0.4, -0.2) is 274 Å². The molecule has 0 aromatic rings. The quantitative estimate of drug-likeness (QED) is 0.0236. The Labute approximate surface area is 537 Å². The standard InChI is InChI=1S/C19H39N3O4.C19H38N2O6.C19H42N2O4.CH4.2CH2.HI.2V/c1-4-6-9-19(10-7-5-2,17(25)20-3)18(26)21-11-8-12-22(13-15-23)14-16-24;1-3-5-7-19(8-6-4-2,17(26)20(9-13-22)10-14-23)18(27)21(11-15-24)12-16-25;1-3-5-7-19(8-6-4-2,17-20(9-13-22)10-14-23)18-21(11-15-24)12-16-25;;;;;;/h23-24H,4-16H2,1-3H3,(H,20,25)(H,21,26);22-25H,3-16H2,1-2H3;22-25H,3-18H2,1-2H3;1H4;2*1H2;1H;;/q;;;;;;;;+1/p-1. The first-order chi connectivity index (χ1) is 40.0. The Balaban J connectivity index is -0.000000260. The molecule has 0 aromatic carbocycles. The minimum absolute atomic E-state index is 0. The van der Waals surface area contributed by atoms with Gasteiger partial charge in [0.1, 0.15) is 10.8 Å². The number of rotatable bonds is 50. The topological polar surface area (TPSA) is 311 Å². The van der Waals surface area contributed by atoms with E-state index in [0.717, 1.165) is 90.1 Å². The van der Waals surface area contributed by atoms with Gasteiger partial charge in [-0.05, 0) is 56.9 Å². The first-order valence-electron chi connectivity index (χ1n) is 30.8. The van der Waals surface area contributed by atoms with E-state index in [1.54, 1.807) is 7.05 Å². The number of hydrogen-bond acceptors (Lipinski definition) is 17. The van der Waals surface area contributed by atoms with Gasteiger partial charge in [-0.2, -0.15) is 0 Å². The SMILES string of the molecule is C.CCCCC(CCCC)(C(=O)N(CCO)CCO)C(=O)N(CCO)CCO.CCCCC(CCCC)(C(=O)NC)C(=O)NCCCN(CCO)CCO.CCCCC(CCCC)(CN(CCO)CCO)CN(CCO)CCO.[CH2]=[V].[CH2]=[V][I]. The van der Waals surface area contributed by atoms with Gasteiger partial charge in [0.05, 0.1) is 66.1 Å². The summed E-state index contributed by atoms with van der Waals surface area (Å²) in [5.41, 5.74) is -2.24. The number of aliphatic hydroxyl groups is 10. The molecule has 0 rings (SSSR count). The van der Waals surface area contributed by atoms with E-state index in [0.29, 0.717) is 110 Å². The Morgan fingerprint density at radius 1 is 0.429 bits per heavy atom. The van der Waals surface area contributed by atoms with Gasteiger partial charge in [0.2, 0.25) is 23.6 Å². The van der Waals surface area contributed by atoms with Crippen molar-refractivity contribution in [3.05, 3.63) is 0 Å². The van der Waals surface area contributed by atoms with Crippen LogP contribution in [0.25, 0.3) is 0 Å². The molecule has 0 spiro atoms. The maximum atomic E-state index is 13.4. The number of carbonyl (C=O) groups is 4.